The number of rotatable bonds is 5. The molecule has 0 saturated heterocycles. The first-order valence-corrected chi connectivity index (χ1v) is 8.95. The van der Waals surface area contributed by atoms with Crippen LogP contribution >= 0.6 is 0 Å². The van der Waals surface area contributed by atoms with Crippen LogP contribution in [0.3, 0.4) is 0 Å². The molecule has 0 aliphatic rings. The second kappa shape index (κ2) is 5.33. The Kier molecular flexibility index (Phi) is 4.31. The minimum absolute atomic E-state index is 0.0730. The van der Waals surface area contributed by atoms with E-state index in [1.54, 1.807) is 0 Å². The van der Waals surface area contributed by atoms with Crippen molar-refractivity contribution in [2.75, 3.05) is 0 Å². The predicted molar refractivity (Wildman–Crippen MR) is 69.6 cm³/mol. The van der Waals surface area contributed by atoms with E-state index in [-0.39, 0.29) is 6.42 Å². The highest BCUT2D eigenvalue weighted by molar-refractivity contribution is 6.70. The molecule has 1 aromatic carbocycles. The molecule has 0 radical (unpaired) electrons. The molecular weight excluding hydrogens is 234 g/mol. The number of carboxylic acid groups (broad SMARTS) is 1. The fourth-order valence-electron chi connectivity index (χ4n) is 1.47. The Morgan fingerprint density at radius 2 is 2.12 bits per heavy atom. The summed E-state index contributed by atoms with van der Waals surface area (Å²) < 4.78 is 5.83. The zero-order chi connectivity index (χ0) is 13.1. The van der Waals surface area contributed by atoms with E-state index in [0.717, 1.165) is 11.3 Å². The maximum absolute atomic E-state index is 10.6. The van der Waals surface area contributed by atoms with Crippen LogP contribution < -0.4 is 10.2 Å². The Morgan fingerprint density at radius 3 is 2.65 bits per heavy atom. The van der Waals surface area contributed by atoms with Crippen molar-refractivity contribution < 1.29 is 14.3 Å². The van der Waals surface area contributed by atoms with Gasteiger partial charge in [0.1, 0.15) is 5.75 Å². The molecule has 4 nitrogen and oxygen atoms in total. The highest BCUT2D eigenvalue weighted by Gasteiger charge is 2.17. The molecule has 1 unspecified atom stereocenters. The first-order valence-electron chi connectivity index (χ1n) is 5.54. The predicted octanol–water partition coefficient (Wildman–Crippen LogP) is 2.37. The molecule has 1 rings (SSSR count). The van der Waals surface area contributed by atoms with Gasteiger partial charge in [-0.05, 0) is 37.3 Å². The summed E-state index contributed by atoms with van der Waals surface area (Å²) in [5, 5.41) is 8.70. The molecule has 0 bridgehead atoms. The second-order valence-corrected chi connectivity index (χ2v) is 9.42. The summed E-state index contributed by atoms with van der Waals surface area (Å²) in [6.45, 7) is 6.28. The normalized spacial score (nSPS) is 13.2. The standard InChI is InChI=1S/C12H19NO3Si/c1-17(2,3)16-10-6-4-5-9(7-10)11(13)8-12(14)15/h4-7,11H,8,13H2,1-3H3,(H,14,15). The molecule has 17 heavy (non-hydrogen) atoms. The topological polar surface area (TPSA) is 72.5 Å². The van der Waals surface area contributed by atoms with Gasteiger partial charge in [0, 0.05) is 6.04 Å². The SMILES string of the molecule is C[Si](C)(C)Oc1cccc(C(N)CC(=O)O)c1. The molecule has 0 fully saturated rings. The van der Waals surface area contributed by atoms with Crippen LogP contribution in [0.5, 0.6) is 5.75 Å². The van der Waals surface area contributed by atoms with E-state index in [2.05, 4.69) is 19.6 Å². The van der Waals surface area contributed by atoms with Gasteiger partial charge in [-0.1, -0.05) is 12.1 Å². The van der Waals surface area contributed by atoms with Crippen molar-refractivity contribution in [2.45, 2.75) is 32.1 Å². The largest absolute Gasteiger partial charge is 0.544 e. The lowest BCUT2D eigenvalue weighted by molar-refractivity contribution is -0.137. The molecule has 0 aliphatic carbocycles. The minimum Gasteiger partial charge on any atom is -0.544 e. The number of hydrogen-bond donors (Lipinski definition) is 2. The number of hydrogen-bond acceptors (Lipinski definition) is 3. The number of aliphatic carboxylic acids is 1. The fraction of sp³-hybridized carbons (Fsp3) is 0.417. The summed E-state index contributed by atoms with van der Waals surface area (Å²) in [5.74, 6) is -0.128. The van der Waals surface area contributed by atoms with E-state index >= 15 is 0 Å². The van der Waals surface area contributed by atoms with Gasteiger partial charge in [-0.3, -0.25) is 4.79 Å². The van der Waals surface area contributed by atoms with Gasteiger partial charge in [0.15, 0.2) is 0 Å². The smallest absolute Gasteiger partial charge is 0.305 e. The Bertz CT molecular complexity index is 401. The van der Waals surface area contributed by atoms with Crippen LogP contribution in [0.1, 0.15) is 18.0 Å². The van der Waals surface area contributed by atoms with Gasteiger partial charge in [-0.25, -0.2) is 0 Å². The number of nitrogens with two attached hydrogens (primary N) is 1. The Balaban J connectivity index is 2.82. The van der Waals surface area contributed by atoms with Crippen LogP contribution in [0, 0.1) is 0 Å². The molecule has 3 N–H and O–H groups in total. The van der Waals surface area contributed by atoms with Gasteiger partial charge < -0.3 is 15.3 Å². The highest BCUT2D eigenvalue weighted by atomic mass is 28.4. The van der Waals surface area contributed by atoms with Crippen molar-refractivity contribution in [1.82, 2.24) is 0 Å². The molecule has 0 saturated carbocycles. The number of carbonyl (C=O) groups is 1. The molecule has 1 aromatic rings. The van der Waals surface area contributed by atoms with Crippen molar-refractivity contribution >= 4 is 14.3 Å². The quantitative estimate of drug-likeness (QED) is 0.790. The van der Waals surface area contributed by atoms with E-state index in [1.165, 1.54) is 0 Å². The van der Waals surface area contributed by atoms with Crippen LogP contribution in [0.25, 0.3) is 0 Å². The molecule has 0 aliphatic heterocycles. The van der Waals surface area contributed by atoms with Gasteiger partial charge in [-0.2, -0.15) is 0 Å². The van der Waals surface area contributed by atoms with E-state index < -0.39 is 20.3 Å². The van der Waals surface area contributed by atoms with Gasteiger partial charge in [0.05, 0.1) is 6.42 Å². The molecule has 0 heterocycles. The Morgan fingerprint density at radius 1 is 1.47 bits per heavy atom. The third-order valence-electron chi connectivity index (χ3n) is 2.10. The van der Waals surface area contributed by atoms with Crippen LogP contribution in [-0.2, 0) is 4.79 Å². The average molecular weight is 253 g/mol. The van der Waals surface area contributed by atoms with Gasteiger partial charge in [-0.15, -0.1) is 0 Å². The maximum atomic E-state index is 10.6. The zero-order valence-electron chi connectivity index (χ0n) is 10.4. The van der Waals surface area contributed by atoms with E-state index in [4.69, 9.17) is 15.3 Å². The summed E-state index contributed by atoms with van der Waals surface area (Å²) in [7, 11) is -1.64. The lowest BCUT2D eigenvalue weighted by Gasteiger charge is -2.20. The fourth-order valence-corrected chi connectivity index (χ4v) is 2.30. The number of carboxylic acids is 1. The first kappa shape index (κ1) is 13.7. The van der Waals surface area contributed by atoms with E-state index in [0.29, 0.717) is 0 Å². The van der Waals surface area contributed by atoms with Gasteiger partial charge in [0.2, 0.25) is 8.32 Å². The zero-order valence-corrected chi connectivity index (χ0v) is 11.4. The molecular formula is C12H19NO3Si. The van der Waals surface area contributed by atoms with Crippen molar-refractivity contribution in [3.63, 3.8) is 0 Å². The molecule has 1 atom stereocenters. The van der Waals surface area contributed by atoms with Crippen molar-refractivity contribution in [1.29, 1.82) is 0 Å². The Labute approximate surface area is 103 Å². The van der Waals surface area contributed by atoms with Crippen molar-refractivity contribution in [2.24, 2.45) is 5.73 Å². The molecule has 5 heteroatoms. The lowest BCUT2D eigenvalue weighted by atomic mass is 10.0. The lowest BCUT2D eigenvalue weighted by Crippen LogP contribution is -2.29. The van der Waals surface area contributed by atoms with E-state index in [1.807, 2.05) is 24.3 Å². The first-order chi connectivity index (χ1) is 7.78. The average Bonchev–Trinajstić information content (AvgIpc) is 2.14. The molecule has 0 amide bonds. The Hall–Kier alpha value is -1.33. The summed E-state index contributed by atoms with van der Waals surface area (Å²) in [6, 6.07) is 6.87. The molecule has 0 aromatic heterocycles. The third kappa shape index (κ3) is 5.01. The monoisotopic (exact) mass is 253 g/mol. The summed E-state index contributed by atoms with van der Waals surface area (Å²) in [4.78, 5) is 10.6. The van der Waals surface area contributed by atoms with Crippen LogP contribution in [0.2, 0.25) is 19.6 Å². The van der Waals surface area contributed by atoms with Crippen LogP contribution in [-0.4, -0.2) is 19.4 Å². The minimum atomic E-state index is -1.64. The van der Waals surface area contributed by atoms with Gasteiger partial charge in [0.25, 0.3) is 0 Å². The molecule has 94 valence electrons. The number of benzene rings is 1. The van der Waals surface area contributed by atoms with Crippen molar-refractivity contribution in [3.05, 3.63) is 29.8 Å². The highest BCUT2D eigenvalue weighted by Crippen LogP contribution is 2.22. The third-order valence-corrected chi connectivity index (χ3v) is 2.95. The van der Waals surface area contributed by atoms with Crippen LogP contribution in [0.4, 0.5) is 0 Å². The van der Waals surface area contributed by atoms with Gasteiger partial charge >= 0.3 is 5.97 Å². The summed E-state index contributed by atoms with van der Waals surface area (Å²) in [6.07, 6.45) is -0.0730. The molecule has 0 spiro atoms. The summed E-state index contributed by atoms with van der Waals surface area (Å²) in [5.41, 5.74) is 6.60. The van der Waals surface area contributed by atoms with Crippen LogP contribution in [0.15, 0.2) is 24.3 Å². The van der Waals surface area contributed by atoms with Crippen molar-refractivity contribution in [3.8, 4) is 5.75 Å². The summed E-state index contributed by atoms with van der Waals surface area (Å²) >= 11 is 0. The maximum Gasteiger partial charge on any atom is 0.305 e. The van der Waals surface area contributed by atoms with E-state index in [9.17, 15) is 4.79 Å². The second-order valence-electron chi connectivity index (χ2n) is 4.99.